The first kappa shape index (κ1) is 17.6. The Labute approximate surface area is 154 Å². The molecule has 2 heterocycles. The second kappa shape index (κ2) is 7.79. The Morgan fingerprint density at radius 2 is 1.96 bits per heavy atom. The summed E-state index contributed by atoms with van der Waals surface area (Å²) in [6, 6.07) is 8.60. The number of anilines is 3. The Bertz CT molecular complexity index is 927. The molecule has 26 heavy (non-hydrogen) atoms. The number of hydrogen-bond donors (Lipinski definition) is 3. The molecule has 9 heteroatoms. The van der Waals surface area contributed by atoms with Crippen molar-refractivity contribution in [2.75, 3.05) is 30.1 Å². The van der Waals surface area contributed by atoms with Gasteiger partial charge in [-0.2, -0.15) is 0 Å². The number of carbonyl (C=O) groups is 1. The number of rotatable bonds is 5. The summed E-state index contributed by atoms with van der Waals surface area (Å²) in [7, 11) is 3.31. The molecule has 0 saturated heterocycles. The highest BCUT2D eigenvalue weighted by Crippen LogP contribution is 2.32. The number of benzene rings is 1. The molecule has 3 N–H and O–H groups in total. The van der Waals surface area contributed by atoms with Gasteiger partial charge in [-0.1, -0.05) is 23.5 Å². The monoisotopic (exact) mass is 370 g/mol. The maximum absolute atomic E-state index is 12.3. The fraction of sp³-hybridized carbons (Fsp3) is 0.176. The molecular formula is C17H18N6O2S. The zero-order valence-electron chi connectivity index (χ0n) is 14.5. The lowest BCUT2D eigenvalue weighted by atomic mass is 10.3. The van der Waals surface area contributed by atoms with Crippen LogP contribution in [0.1, 0.15) is 5.69 Å². The van der Waals surface area contributed by atoms with Crippen LogP contribution in [0.25, 0.3) is 10.6 Å². The minimum atomic E-state index is -0.395. The second-order valence-corrected chi connectivity index (χ2v) is 6.23. The smallest absolute Gasteiger partial charge is 0.325 e. The van der Waals surface area contributed by atoms with E-state index >= 15 is 0 Å². The topological polar surface area (TPSA) is 101 Å². The second-order valence-electron chi connectivity index (χ2n) is 5.23. The molecule has 0 atom stereocenters. The third kappa shape index (κ3) is 3.89. The molecule has 2 aromatic heterocycles. The van der Waals surface area contributed by atoms with Crippen LogP contribution in [0.5, 0.6) is 5.75 Å². The van der Waals surface area contributed by atoms with Crippen molar-refractivity contribution in [3.63, 3.8) is 0 Å². The molecule has 0 aliphatic heterocycles. The number of nitrogens with zero attached hydrogens (tertiary/aromatic N) is 3. The van der Waals surface area contributed by atoms with Crippen molar-refractivity contribution in [2.45, 2.75) is 6.92 Å². The Morgan fingerprint density at radius 1 is 1.15 bits per heavy atom. The van der Waals surface area contributed by atoms with Gasteiger partial charge in [0.15, 0.2) is 5.13 Å². The van der Waals surface area contributed by atoms with E-state index in [-0.39, 0.29) is 0 Å². The van der Waals surface area contributed by atoms with Gasteiger partial charge in [-0.05, 0) is 25.1 Å². The standard InChI is InChI=1S/C17H18N6O2S/c1-10-14(12-8-9-19-15(18-2)21-12)26-17(20-10)23-16(24)22-11-6-4-5-7-13(11)25-3/h4-9H,1-3H3,(H,18,19,21)(H2,20,22,23,24). The predicted octanol–water partition coefficient (Wildman–Crippen LogP) is 3.60. The normalized spacial score (nSPS) is 10.3. The highest BCUT2D eigenvalue weighted by Gasteiger charge is 2.14. The summed E-state index contributed by atoms with van der Waals surface area (Å²) < 4.78 is 5.22. The zero-order valence-corrected chi connectivity index (χ0v) is 15.3. The molecule has 0 aliphatic carbocycles. The Hall–Kier alpha value is -3.20. The number of hydrogen-bond acceptors (Lipinski definition) is 7. The summed E-state index contributed by atoms with van der Waals surface area (Å²) in [5.74, 6) is 1.11. The van der Waals surface area contributed by atoms with E-state index in [2.05, 4.69) is 30.9 Å². The van der Waals surface area contributed by atoms with Crippen LogP contribution in [0, 0.1) is 6.92 Å². The van der Waals surface area contributed by atoms with Crippen molar-refractivity contribution < 1.29 is 9.53 Å². The molecule has 1 aromatic carbocycles. The summed E-state index contributed by atoms with van der Waals surface area (Å²) in [6.45, 7) is 1.87. The number of nitrogens with one attached hydrogen (secondary N) is 3. The molecule has 0 unspecified atom stereocenters. The average molecular weight is 370 g/mol. The van der Waals surface area contributed by atoms with E-state index < -0.39 is 6.03 Å². The van der Waals surface area contributed by atoms with Crippen molar-refractivity contribution in [3.8, 4) is 16.3 Å². The van der Waals surface area contributed by atoms with Crippen LogP contribution in [0.4, 0.5) is 21.6 Å². The number of aromatic nitrogens is 3. The first-order valence-corrected chi connectivity index (χ1v) is 8.62. The molecule has 0 aliphatic rings. The van der Waals surface area contributed by atoms with E-state index in [1.807, 2.05) is 19.1 Å². The first-order valence-electron chi connectivity index (χ1n) is 7.80. The van der Waals surface area contributed by atoms with Gasteiger partial charge in [-0.15, -0.1) is 0 Å². The fourth-order valence-electron chi connectivity index (χ4n) is 2.29. The van der Waals surface area contributed by atoms with E-state index in [9.17, 15) is 4.79 Å². The number of para-hydroxylation sites is 2. The third-order valence-corrected chi connectivity index (χ3v) is 4.58. The van der Waals surface area contributed by atoms with E-state index in [0.29, 0.717) is 22.5 Å². The van der Waals surface area contributed by atoms with Gasteiger partial charge in [-0.3, -0.25) is 5.32 Å². The van der Waals surface area contributed by atoms with E-state index in [0.717, 1.165) is 16.3 Å². The fourth-order valence-corrected chi connectivity index (χ4v) is 3.22. The Kier molecular flexibility index (Phi) is 5.28. The van der Waals surface area contributed by atoms with Crippen LogP contribution in [-0.4, -0.2) is 35.1 Å². The molecule has 3 rings (SSSR count). The number of ether oxygens (including phenoxy) is 1. The molecule has 134 valence electrons. The lowest BCUT2D eigenvalue weighted by Crippen LogP contribution is -2.19. The van der Waals surface area contributed by atoms with Gasteiger partial charge in [0.1, 0.15) is 5.75 Å². The number of thiazole rings is 1. The van der Waals surface area contributed by atoms with E-state index in [1.54, 1.807) is 38.6 Å². The predicted molar refractivity (Wildman–Crippen MR) is 103 cm³/mol. The maximum Gasteiger partial charge on any atom is 0.325 e. The van der Waals surface area contributed by atoms with Crippen LogP contribution in [0.3, 0.4) is 0 Å². The molecule has 0 bridgehead atoms. The van der Waals surface area contributed by atoms with Crippen molar-refractivity contribution in [3.05, 3.63) is 42.2 Å². The quantitative estimate of drug-likeness (QED) is 0.634. The molecular weight excluding hydrogens is 352 g/mol. The number of carbonyl (C=O) groups excluding carboxylic acids is 1. The van der Waals surface area contributed by atoms with Crippen molar-refractivity contribution in [1.29, 1.82) is 0 Å². The molecule has 0 saturated carbocycles. The zero-order chi connectivity index (χ0) is 18.5. The maximum atomic E-state index is 12.3. The SMILES string of the molecule is CNc1nccc(-c2sc(NC(=O)Nc3ccccc3OC)nc2C)n1. The van der Waals surface area contributed by atoms with Crippen molar-refractivity contribution >= 4 is 34.1 Å². The minimum Gasteiger partial charge on any atom is -0.495 e. The van der Waals surface area contributed by atoms with Gasteiger partial charge in [0.25, 0.3) is 0 Å². The third-order valence-electron chi connectivity index (χ3n) is 3.48. The summed E-state index contributed by atoms with van der Waals surface area (Å²) in [6.07, 6.45) is 1.68. The van der Waals surface area contributed by atoms with E-state index in [1.165, 1.54) is 11.3 Å². The largest absolute Gasteiger partial charge is 0.495 e. The lowest BCUT2D eigenvalue weighted by molar-refractivity contribution is 0.262. The van der Waals surface area contributed by atoms with E-state index in [4.69, 9.17) is 4.74 Å². The highest BCUT2D eigenvalue weighted by molar-refractivity contribution is 7.19. The average Bonchev–Trinajstić information content (AvgIpc) is 3.02. The van der Waals surface area contributed by atoms with Crippen LogP contribution < -0.4 is 20.7 Å². The van der Waals surface area contributed by atoms with Crippen LogP contribution >= 0.6 is 11.3 Å². The van der Waals surface area contributed by atoms with Crippen molar-refractivity contribution in [1.82, 2.24) is 15.0 Å². The van der Waals surface area contributed by atoms with Crippen molar-refractivity contribution in [2.24, 2.45) is 0 Å². The molecule has 8 nitrogen and oxygen atoms in total. The summed E-state index contributed by atoms with van der Waals surface area (Å²) in [5.41, 5.74) is 2.11. The van der Waals surface area contributed by atoms with Crippen LogP contribution in [-0.2, 0) is 0 Å². The Balaban J connectivity index is 1.75. The van der Waals surface area contributed by atoms with Gasteiger partial charge in [0, 0.05) is 13.2 Å². The minimum absolute atomic E-state index is 0.395. The summed E-state index contributed by atoms with van der Waals surface area (Å²) in [4.78, 5) is 26.0. The summed E-state index contributed by atoms with van der Waals surface area (Å²) >= 11 is 1.35. The molecule has 0 radical (unpaired) electrons. The van der Waals surface area contributed by atoms with Crippen LogP contribution in [0.2, 0.25) is 0 Å². The first-order chi connectivity index (χ1) is 12.6. The van der Waals surface area contributed by atoms with Gasteiger partial charge < -0.3 is 15.4 Å². The van der Waals surface area contributed by atoms with Gasteiger partial charge >= 0.3 is 6.03 Å². The van der Waals surface area contributed by atoms with Gasteiger partial charge in [0.2, 0.25) is 5.95 Å². The lowest BCUT2D eigenvalue weighted by Gasteiger charge is -2.09. The highest BCUT2D eigenvalue weighted by atomic mass is 32.1. The Morgan fingerprint density at radius 3 is 2.73 bits per heavy atom. The molecule has 0 fully saturated rings. The molecule has 0 spiro atoms. The number of amides is 2. The van der Waals surface area contributed by atoms with Crippen LogP contribution in [0.15, 0.2) is 36.5 Å². The number of methoxy groups -OCH3 is 1. The molecule has 2 amide bonds. The molecule has 3 aromatic rings. The summed E-state index contributed by atoms with van der Waals surface area (Å²) in [5, 5.41) is 8.88. The number of aryl methyl sites for hydroxylation is 1. The van der Waals surface area contributed by atoms with Gasteiger partial charge in [-0.25, -0.2) is 19.7 Å². The number of urea groups is 1. The van der Waals surface area contributed by atoms with Gasteiger partial charge in [0.05, 0.1) is 29.1 Å².